The molecule has 2 aliphatic heterocycles. The molecule has 29 heavy (non-hydrogen) atoms. The topological polar surface area (TPSA) is 67.9 Å². The average molecular weight is 402 g/mol. The fourth-order valence-corrected chi connectivity index (χ4v) is 3.90. The van der Waals surface area contributed by atoms with E-state index in [4.69, 9.17) is 0 Å². The lowest BCUT2D eigenvalue weighted by molar-refractivity contribution is -0.123. The number of amides is 2. The van der Waals surface area contributed by atoms with Gasteiger partial charge in [-0.25, -0.2) is 0 Å². The van der Waals surface area contributed by atoms with Crippen molar-refractivity contribution < 1.29 is 9.59 Å². The van der Waals surface area contributed by atoms with E-state index in [1.54, 1.807) is 0 Å². The molecular formula is C22H35N5O2. The summed E-state index contributed by atoms with van der Waals surface area (Å²) >= 11 is 0. The van der Waals surface area contributed by atoms with Crippen molar-refractivity contribution in [2.24, 2.45) is 0 Å². The van der Waals surface area contributed by atoms with E-state index in [1.807, 2.05) is 12.1 Å². The van der Waals surface area contributed by atoms with Crippen LogP contribution in [0, 0.1) is 0 Å². The smallest absolute Gasteiger partial charge is 0.238 e. The van der Waals surface area contributed by atoms with Gasteiger partial charge >= 0.3 is 0 Å². The van der Waals surface area contributed by atoms with Gasteiger partial charge in [0.2, 0.25) is 11.8 Å². The van der Waals surface area contributed by atoms with Crippen LogP contribution in [-0.2, 0) is 9.59 Å². The summed E-state index contributed by atoms with van der Waals surface area (Å²) < 4.78 is 0. The average Bonchev–Trinajstić information content (AvgIpc) is 3.25. The summed E-state index contributed by atoms with van der Waals surface area (Å²) in [6.45, 7) is 9.22. The maximum Gasteiger partial charge on any atom is 0.238 e. The highest BCUT2D eigenvalue weighted by Crippen LogP contribution is 2.22. The molecule has 0 saturated carbocycles. The van der Waals surface area contributed by atoms with Crippen molar-refractivity contribution in [1.29, 1.82) is 0 Å². The van der Waals surface area contributed by atoms with E-state index < -0.39 is 0 Å². The van der Waals surface area contributed by atoms with E-state index in [2.05, 4.69) is 44.4 Å². The number of rotatable bonds is 9. The molecule has 3 rings (SSSR count). The van der Waals surface area contributed by atoms with Gasteiger partial charge in [-0.05, 0) is 43.5 Å². The third kappa shape index (κ3) is 7.01. The Bertz CT molecular complexity index is 650. The number of anilines is 2. The maximum atomic E-state index is 12.4. The second-order valence-corrected chi connectivity index (χ2v) is 8.05. The Hall–Kier alpha value is -2.12. The van der Waals surface area contributed by atoms with Crippen molar-refractivity contribution in [3.63, 3.8) is 0 Å². The molecule has 0 aromatic heterocycles. The van der Waals surface area contributed by atoms with Crippen LogP contribution in [0.3, 0.4) is 0 Å². The van der Waals surface area contributed by atoms with Crippen LogP contribution in [0.5, 0.6) is 0 Å². The minimum absolute atomic E-state index is 0.0182. The van der Waals surface area contributed by atoms with Crippen molar-refractivity contribution in [3.8, 4) is 0 Å². The lowest BCUT2D eigenvalue weighted by atomic mass is 10.2. The lowest BCUT2D eigenvalue weighted by Gasteiger charge is -2.33. The van der Waals surface area contributed by atoms with Gasteiger partial charge in [-0.1, -0.05) is 13.3 Å². The van der Waals surface area contributed by atoms with Crippen LogP contribution in [0.4, 0.5) is 11.4 Å². The van der Waals surface area contributed by atoms with Crippen molar-refractivity contribution >= 4 is 23.2 Å². The highest BCUT2D eigenvalue weighted by atomic mass is 16.2. The van der Waals surface area contributed by atoms with Crippen LogP contribution in [-0.4, -0.2) is 80.5 Å². The fourth-order valence-electron chi connectivity index (χ4n) is 3.90. The number of carbonyl (C=O) groups excluding carboxylic acids is 2. The van der Waals surface area contributed by atoms with Gasteiger partial charge in [0.05, 0.1) is 13.1 Å². The van der Waals surface area contributed by atoms with Crippen molar-refractivity contribution in [2.75, 3.05) is 69.1 Å². The van der Waals surface area contributed by atoms with Crippen LogP contribution < -0.4 is 15.5 Å². The van der Waals surface area contributed by atoms with Crippen LogP contribution in [0.25, 0.3) is 0 Å². The zero-order valence-corrected chi connectivity index (χ0v) is 17.7. The Balaban J connectivity index is 1.34. The fraction of sp³-hybridized carbons (Fsp3) is 0.636. The van der Waals surface area contributed by atoms with Gasteiger partial charge in [0.15, 0.2) is 0 Å². The SMILES string of the molecule is CCCCNC(=O)CN1CCN(CC(=O)Nc2ccc(N3CCCC3)cc2)CC1. The number of nitrogens with zero attached hydrogens (tertiary/aromatic N) is 3. The first kappa shape index (κ1) is 21.6. The van der Waals surface area contributed by atoms with E-state index in [-0.39, 0.29) is 11.8 Å². The Kier molecular flexibility index (Phi) is 8.31. The monoisotopic (exact) mass is 401 g/mol. The molecule has 2 saturated heterocycles. The molecule has 0 spiro atoms. The predicted octanol–water partition coefficient (Wildman–Crippen LogP) is 1.76. The molecule has 0 radical (unpaired) electrons. The van der Waals surface area contributed by atoms with Gasteiger partial charge in [-0.3, -0.25) is 19.4 Å². The molecule has 0 unspecified atom stereocenters. The van der Waals surface area contributed by atoms with Gasteiger partial charge in [0.1, 0.15) is 0 Å². The van der Waals surface area contributed by atoms with Crippen LogP contribution in [0.2, 0.25) is 0 Å². The van der Waals surface area contributed by atoms with Gasteiger partial charge < -0.3 is 15.5 Å². The third-order valence-corrected chi connectivity index (χ3v) is 5.67. The van der Waals surface area contributed by atoms with Gasteiger partial charge in [-0.15, -0.1) is 0 Å². The first-order valence-corrected chi connectivity index (χ1v) is 11.0. The Labute approximate surface area is 174 Å². The molecule has 7 heteroatoms. The first-order chi connectivity index (χ1) is 14.1. The number of hydrogen-bond donors (Lipinski definition) is 2. The maximum absolute atomic E-state index is 12.4. The molecule has 0 aliphatic carbocycles. The summed E-state index contributed by atoms with van der Waals surface area (Å²) in [6.07, 6.45) is 4.63. The lowest BCUT2D eigenvalue weighted by Crippen LogP contribution is -2.51. The molecule has 0 atom stereocenters. The number of nitrogens with one attached hydrogen (secondary N) is 2. The Morgan fingerprint density at radius 1 is 0.862 bits per heavy atom. The highest BCUT2D eigenvalue weighted by molar-refractivity contribution is 5.92. The minimum atomic E-state index is 0.0182. The van der Waals surface area contributed by atoms with Crippen LogP contribution in [0.1, 0.15) is 32.6 Å². The molecular weight excluding hydrogens is 366 g/mol. The number of hydrogen-bond acceptors (Lipinski definition) is 5. The largest absolute Gasteiger partial charge is 0.372 e. The Morgan fingerprint density at radius 2 is 1.45 bits per heavy atom. The van der Waals surface area contributed by atoms with Crippen molar-refractivity contribution in [1.82, 2.24) is 15.1 Å². The number of carbonyl (C=O) groups is 2. The van der Waals surface area contributed by atoms with E-state index in [0.29, 0.717) is 13.1 Å². The summed E-state index contributed by atoms with van der Waals surface area (Å²) in [7, 11) is 0. The molecule has 160 valence electrons. The van der Waals surface area contributed by atoms with Crippen molar-refractivity contribution in [2.45, 2.75) is 32.6 Å². The molecule has 1 aromatic rings. The summed E-state index contributed by atoms with van der Waals surface area (Å²) in [4.78, 5) is 31.0. The normalized spacial score (nSPS) is 18.0. The minimum Gasteiger partial charge on any atom is -0.372 e. The summed E-state index contributed by atoms with van der Waals surface area (Å²) in [5.74, 6) is 0.117. The van der Waals surface area contributed by atoms with E-state index in [9.17, 15) is 9.59 Å². The van der Waals surface area contributed by atoms with E-state index in [1.165, 1.54) is 18.5 Å². The molecule has 0 bridgehead atoms. The Morgan fingerprint density at radius 3 is 2.03 bits per heavy atom. The molecule has 1 aromatic carbocycles. The van der Waals surface area contributed by atoms with E-state index >= 15 is 0 Å². The zero-order chi connectivity index (χ0) is 20.5. The van der Waals surface area contributed by atoms with Crippen LogP contribution in [0.15, 0.2) is 24.3 Å². The molecule has 2 aliphatic rings. The summed E-state index contributed by atoms with van der Waals surface area (Å²) in [5, 5.41) is 5.96. The number of piperazine rings is 1. The first-order valence-electron chi connectivity index (χ1n) is 11.0. The molecule has 2 amide bonds. The molecule has 2 fully saturated rings. The molecule has 2 heterocycles. The molecule has 7 nitrogen and oxygen atoms in total. The zero-order valence-electron chi connectivity index (χ0n) is 17.7. The van der Waals surface area contributed by atoms with Crippen molar-refractivity contribution in [3.05, 3.63) is 24.3 Å². The van der Waals surface area contributed by atoms with Crippen LogP contribution >= 0.6 is 0 Å². The summed E-state index contributed by atoms with van der Waals surface area (Å²) in [6, 6.07) is 8.15. The van der Waals surface area contributed by atoms with E-state index in [0.717, 1.165) is 64.3 Å². The highest BCUT2D eigenvalue weighted by Gasteiger charge is 2.20. The van der Waals surface area contributed by atoms with Gasteiger partial charge in [0, 0.05) is 57.2 Å². The van der Waals surface area contributed by atoms with Gasteiger partial charge in [-0.2, -0.15) is 0 Å². The standard InChI is InChI=1S/C22H35N5O2/c1-2-3-10-23-21(28)17-25-13-15-26(16-14-25)18-22(29)24-19-6-8-20(9-7-19)27-11-4-5-12-27/h6-9H,2-5,10-18H2,1H3,(H,23,28)(H,24,29). The quantitative estimate of drug-likeness (QED) is 0.617. The predicted molar refractivity (Wildman–Crippen MR) is 117 cm³/mol. The third-order valence-electron chi connectivity index (χ3n) is 5.67. The second kappa shape index (κ2) is 11.2. The second-order valence-electron chi connectivity index (χ2n) is 8.05. The number of benzene rings is 1. The molecule has 2 N–H and O–H groups in total. The summed E-state index contributed by atoms with van der Waals surface area (Å²) in [5.41, 5.74) is 2.08. The number of unbranched alkanes of at least 4 members (excludes halogenated alkanes) is 1. The van der Waals surface area contributed by atoms with Gasteiger partial charge in [0.25, 0.3) is 0 Å².